The Balaban J connectivity index is 2.44. The average molecular weight is 330 g/mol. The summed E-state index contributed by atoms with van der Waals surface area (Å²) in [5.74, 6) is -0.236. The van der Waals surface area contributed by atoms with Crippen LogP contribution in [0.25, 0.3) is 0 Å². The minimum absolute atomic E-state index is 0.110. The maximum atomic E-state index is 12.4. The number of halogens is 2. The molecule has 0 aliphatic carbocycles. The molecule has 0 bridgehead atoms. The smallest absolute Gasteiger partial charge is 0.184 e. The molecule has 0 atom stereocenters. The lowest BCUT2D eigenvalue weighted by Gasteiger charge is -2.10. The first-order chi connectivity index (χ1) is 9.31. The van der Waals surface area contributed by atoms with E-state index in [0.717, 1.165) is 5.56 Å². The van der Waals surface area contributed by atoms with Gasteiger partial charge in [0.1, 0.15) is 0 Å². The highest BCUT2D eigenvalue weighted by atomic mass is 35.5. The third kappa shape index (κ3) is 3.08. The van der Waals surface area contributed by atoms with Gasteiger partial charge in [-0.15, -0.1) is 0 Å². The van der Waals surface area contributed by atoms with E-state index in [0.29, 0.717) is 10.6 Å². The molecule has 0 fully saturated rings. The summed E-state index contributed by atoms with van der Waals surface area (Å²) < 4.78 is 24.8. The average Bonchev–Trinajstić information content (AvgIpc) is 2.34. The molecule has 0 radical (unpaired) electrons. The molecule has 0 amide bonds. The van der Waals surface area contributed by atoms with E-state index in [9.17, 15) is 8.42 Å². The van der Waals surface area contributed by atoms with Crippen LogP contribution in [0.1, 0.15) is 11.1 Å². The largest absolute Gasteiger partial charge is 0.398 e. The number of aryl methyl sites for hydroxylation is 1. The molecule has 20 heavy (non-hydrogen) atoms. The Bertz CT molecular complexity index is 758. The summed E-state index contributed by atoms with van der Waals surface area (Å²) in [5, 5.41) is 0.583. The van der Waals surface area contributed by atoms with Gasteiger partial charge >= 0.3 is 0 Å². The van der Waals surface area contributed by atoms with E-state index >= 15 is 0 Å². The molecule has 0 aromatic heterocycles. The summed E-state index contributed by atoms with van der Waals surface area (Å²) in [7, 11) is -3.57. The van der Waals surface area contributed by atoms with Crippen molar-refractivity contribution < 1.29 is 8.42 Å². The molecular formula is C14H13Cl2NO2S. The monoisotopic (exact) mass is 329 g/mol. The second-order valence-electron chi connectivity index (χ2n) is 4.51. The Morgan fingerprint density at radius 1 is 1.15 bits per heavy atom. The van der Waals surface area contributed by atoms with Crippen LogP contribution in [0.2, 0.25) is 10.0 Å². The molecule has 0 spiro atoms. The van der Waals surface area contributed by atoms with Gasteiger partial charge in [0.05, 0.1) is 26.4 Å². The van der Waals surface area contributed by atoms with Crippen LogP contribution in [-0.4, -0.2) is 8.42 Å². The van der Waals surface area contributed by atoms with Crippen LogP contribution in [0.4, 0.5) is 5.69 Å². The molecule has 0 saturated carbocycles. The first kappa shape index (κ1) is 15.2. The summed E-state index contributed by atoms with van der Waals surface area (Å²) in [5.41, 5.74) is 7.39. The van der Waals surface area contributed by atoms with Crippen molar-refractivity contribution in [3.63, 3.8) is 0 Å². The Morgan fingerprint density at radius 3 is 2.50 bits per heavy atom. The van der Waals surface area contributed by atoms with Gasteiger partial charge in [0, 0.05) is 0 Å². The third-order valence-corrected chi connectivity index (χ3v) is 5.47. The summed E-state index contributed by atoms with van der Waals surface area (Å²) in [6.07, 6.45) is 0. The molecule has 6 heteroatoms. The van der Waals surface area contributed by atoms with Gasteiger partial charge in [-0.25, -0.2) is 8.42 Å². The number of hydrogen-bond acceptors (Lipinski definition) is 3. The number of nitrogens with two attached hydrogens (primary N) is 1. The fourth-order valence-electron chi connectivity index (χ4n) is 1.89. The highest BCUT2D eigenvalue weighted by Gasteiger charge is 2.20. The molecule has 2 aromatic carbocycles. The van der Waals surface area contributed by atoms with Crippen molar-refractivity contribution in [3.05, 3.63) is 57.6 Å². The highest BCUT2D eigenvalue weighted by molar-refractivity contribution is 7.90. The summed E-state index contributed by atoms with van der Waals surface area (Å²) >= 11 is 11.9. The van der Waals surface area contributed by atoms with Gasteiger partial charge in [0.25, 0.3) is 0 Å². The normalized spacial score (nSPS) is 11.6. The molecule has 0 aliphatic heterocycles. The molecule has 0 unspecified atom stereocenters. The Labute approximate surface area is 128 Å². The number of anilines is 1. The van der Waals surface area contributed by atoms with Crippen molar-refractivity contribution >= 4 is 38.7 Å². The number of nitrogen functional groups attached to an aromatic ring is 1. The van der Waals surface area contributed by atoms with E-state index in [1.807, 2.05) is 6.92 Å². The number of rotatable bonds is 3. The van der Waals surface area contributed by atoms with Gasteiger partial charge < -0.3 is 5.73 Å². The predicted octanol–water partition coefficient (Wildman–Crippen LogP) is 3.86. The molecule has 2 rings (SSSR count). The molecule has 0 aliphatic rings. The second kappa shape index (κ2) is 5.64. The zero-order valence-electron chi connectivity index (χ0n) is 10.7. The molecule has 106 valence electrons. The van der Waals surface area contributed by atoms with E-state index in [-0.39, 0.29) is 21.4 Å². The Morgan fingerprint density at radius 2 is 1.85 bits per heavy atom. The second-order valence-corrected chi connectivity index (χ2v) is 7.26. The molecule has 2 N–H and O–H groups in total. The minimum Gasteiger partial charge on any atom is -0.398 e. The van der Waals surface area contributed by atoms with Crippen molar-refractivity contribution in [2.75, 3.05) is 5.73 Å². The SMILES string of the molecule is Cc1ccc(S(=O)(=O)Cc2cccc(Cl)c2Cl)c(N)c1. The van der Waals surface area contributed by atoms with Crippen molar-refractivity contribution in [2.45, 2.75) is 17.6 Å². The van der Waals surface area contributed by atoms with Gasteiger partial charge in [-0.2, -0.15) is 0 Å². The van der Waals surface area contributed by atoms with Crippen molar-refractivity contribution in [1.29, 1.82) is 0 Å². The standard InChI is InChI=1S/C14H13Cl2NO2S/c1-9-5-6-13(12(17)7-9)20(18,19)8-10-3-2-4-11(15)14(10)16/h2-7H,8,17H2,1H3. The maximum Gasteiger partial charge on any atom is 0.184 e. The van der Waals surface area contributed by atoms with Gasteiger partial charge in [-0.3, -0.25) is 0 Å². The lowest BCUT2D eigenvalue weighted by atomic mass is 10.2. The minimum atomic E-state index is -3.57. The molecular weight excluding hydrogens is 317 g/mol. The van der Waals surface area contributed by atoms with Crippen LogP contribution >= 0.6 is 23.2 Å². The van der Waals surface area contributed by atoms with Crippen molar-refractivity contribution in [1.82, 2.24) is 0 Å². The van der Waals surface area contributed by atoms with Crippen LogP contribution in [-0.2, 0) is 15.6 Å². The van der Waals surface area contributed by atoms with Gasteiger partial charge in [0.15, 0.2) is 9.84 Å². The molecule has 0 saturated heterocycles. The zero-order valence-corrected chi connectivity index (χ0v) is 13.1. The van der Waals surface area contributed by atoms with Gasteiger partial charge in [-0.05, 0) is 36.2 Å². The predicted molar refractivity (Wildman–Crippen MR) is 82.9 cm³/mol. The van der Waals surface area contributed by atoms with Crippen LogP contribution in [0.5, 0.6) is 0 Å². The summed E-state index contributed by atoms with van der Waals surface area (Å²) in [6, 6.07) is 9.77. The van der Waals surface area contributed by atoms with Crippen LogP contribution in [0, 0.1) is 6.92 Å². The van der Waals surface area contributed by atoms with Gasteiger partial charge in [0.2, 0.25) is 0 Å². The number of hydrogen-bond donors (Lipinski definition) is 1. The summed E-state index contributed by atoms with van der Waals surface area (Å²) in [6.45, 7) is 1.85. The maximum absolute atomic E-state index is 12.4. The fourth-order valence-corrected chi connectivity index (χ4v) is 3.86. The highest BCUT2D eigenvalue weighted by Crippen LogP contribution is 2.30. The quantitative estimate of drug-likeness (QED) is 0.870. The van der Waals surface area contributed by atoms with Crippen molar-refractivity contribution in [3.8, 4) is 0 Å². The van der Waals surface area contributed by atoms with E-state index in [2.05, 4.69) is 0 Å². The van der Waals surface area contributed by atoms with Gasteiger partial charge in [-0.1, -0.05) is 41.4 Å². The molecule has 3 nitrogen and oxygen atoms in total. The zero-order chi connectivity index (χ0) is 14.9. The topological polar surface area (TPSA) is 60.2 Å². The molecule has 0 heterocycles. The fraction of sp³-hybridized carbons (Fsp3) is 0.143. The number of benzene rings is 2. The van der Waals surface area contributed by atoms with E-state index in [1.165, 1.54) is 6.07 Å². The molecule has 2 aromatic rings. The Kier molecular flexibility index (Phi) is 4.28. The van der Waals surface area contributed by atoms with Crippen molar-refractivity contribution in [2.24, 2.45) is 0 Å². The lowest BCUT2D eigenvalue weighted by molar-refractivity contribution is 0.595. The lowest BCUT2D eigenvalue weighted by Crippen LogP contribution is -2.08. The Hall–Kier alpha value is -1.23. The summed E-state index contributed by atoms with van der Waals surface area (Å²) in [4.78, 5) is 0.110. The van der Waals surface area contributed by atoms with Crippen LogP contribution in [0.3, 0.4) is 0 Å². The number of sulfone groups is 1. The first-order valence-electron chi connectivity index (χ1n) is 5.83. The van der Waals surface area contributed by atoms with E-state index in [1.54, 1.807) is 30.3 Å². The van der Waals surface area contributed by atoms with E-state index in [4.69, 9.17) is 28.9 Å². The van der Waals surface area contributed by atoms with Crippen LogP contribution < -0.4 is 5.73 Å². The first-order valence-corrected chi connectivity index (χ1v) is 8.24. The van der Waals surface area contributed by atoms with E-state index < -0.39 is 9.84 Å². The third-order valence-electron chi connectivity index (χ3n) is 2.88. The van der Waals surface area contributed by atoms with Crippen LogP contribution in [0.15, 0.2) is 41.3 Å².